The van der Waals surface area contributed by atoms with Gasteiger partial charge in [0.15, 0.2) is 0 Å². The van der Waals surface area contributed by atoms with E-state index in [1.165, 1.54) is 0 Å². The molecule has 0 saturated heterocycles. The van der Waals surface area contributed by atoms with Crippen LogP contribution in [0.15, 0.2) is 0 Å². The van der Waals surface area contributed by atoms with E-state index < -0.39 is 11.9 Å². The van der Waals surface area contributed by atoms with Gasteiger partial charge in [0.2, 0.25) is 5.91 Å². The van der Waals surface area contributed by atoms with Gasteiger partial charge < -0.3 is 10.4 Å². The Morgan fingerprint density at radius 1 is 1.05 bits per heavy atom. The molecular weight excluding hydrogens is 242 g/mol. The van der Waals surface area contributed by atoms with Crippen LogP contribution in [-0.2, 0) is 9.59 Å². The zero-order valence-electron chi connectivity index (χ0n) is 12.4. The maximum Gasteiger partial charge on any atom is 0.307 e. The lowest BCUT2D eigenvalue weighted by atomic mass is 9.78. The Labute approximate surface area is 116 Å². The first-order valence-electron chi connectivity index (χ1n) is 7.54. The summed E-state index contributed by atoms with van der Waals surface area (Å²) in [4.78, 5) is 23.7. The summed E-state index contributed by atoms with van der Waals surface area (Å²) in [6.07, 6.45) is 5.86. The van der Waals surface area contributed by atoms with Crippen molar-refractivity contribution in [3.05, 3.63) is 0 Å². The molecule has 2 N–H and O–H groups in total. The normalized spacial score (nSPS) is 23.9. The molecule has 0 unspecified atom stereocenters. The molecule has 19 heavy (non-hydrogen) atoms. The fourth-order valence-electron chi connectivity index (χ4n) is 3.11. The molecule has 1 aliphatic carbocycles. The molecule has 0 heterocycles. The molecule has 0 aromatic rings. The van der Waals surface area contributed by atoms with Crippen molar-refractivity contribution < 1.29 is 14.7 Å². The molecule has 0 spiro atoms. The number of nitrogens with one attached hydrogen (secondary N) is 1. The third kappa shape index (κ3) is 3.71. The lowest BCUT2D eigenvalue weighted by Gasteiger charge is -2.36. The summed E-state index contributed by atoms with van der Waals surface area (Å²) in [5, 5.41) is 12.4. The predicted octanol–water partition coefficient (Wildman–Crippen LogP) is 2.96. The minimum absolute atomic E-state index is 0.0577. The summed E-state index contributed by atoms with van der Waals surface area (Å²) in [5.74, 6) is -1.74. The number of hydrogen-bond acceptors (Lipinski definition) is 2. The van der Waals surface area contributed by atoms with Crippen molar-refractivity contribution in [2.45, 2.75) is 71.3 Å². The van der Waals surface area contributed by atoms with Gasteiger partial charge >= 0.3 is 5.97 Å². The number of rotatable bonds is 6. The topological polar surface area (TPSA) is 66.4 Å². The quantitative estimate of drug-likeness (QED) is 0.779. The first-order chi connectivity index (χ1) is 8.99. The number of carbonyl (C=O) groups excluding carboxylic acids is 1. The van der Waals surface area contributed by atoms with E-state index >= 15 is 0 Å². The molecule has 1 amide bonds. The Balaban J connectivity index is 2.77. The molecule has 0 aromatic heterocycles. The summed E-state index contributed by atoms with van der Waals surface area (Å²) >= 11 is 0. The van der Waals surface area contributed by atoms with E-state index in [1.807, 2.05) is 0 Å². The van der Waals surface area contributed by atoms with Crippen LogP contribution in [0.4, 0.5) is 0 Å². The van der Waals surface area contributed by atoms with Crippen molar-refractivity contribution in [3.63, 3.8) is 0 Å². The average Bonchev–Trinajstić information content (AvgIpc) is 2.44. The van der Waals surface area contributed by atoms with Gasteiger partial charge in [0, 0.05) is 5.54 Å². The van der Waals surface area contributed by atoms with E-state index in [0.717, 1.165) is 32.1 Å². The standard InChI is InChI=1S/C15H27NO3/c1-4-15(5-2,6-3)16-13(17)11-9-7-8-10-12(11)14(18)19/h11-12H,4-10H2,1-3H3,(H,16,17)(H,18,19)/t11-,12+/m1/s1. The van der Waals surface area contributed by atoms with E-state index in [0.29, 0.717) is 12.8 Å². The van der Waals surface area contributed by atoms with Crippen LogP contribution in [0, 0.1) is 11.8 Å². The summed E-state index contributed by atoms with van der Waals surface area (Å²) in [7, 11) is 0. The van der Waals surface area contributed by atoms with Gasteiger partial charge in [0.05, 0.1) is 11.8 Å². The highest BCUT2D eigenvalue weighted by Gasteiger charge is 2.38. The van der Waals surface area contributed by atoms with E-state index in [1.54, 1.807) is 0 Å². The minimum atomic E-state index is -0.824. The highest BCUT2D eigenvalue weighted by atomic mass is 16.4. The third-order valence-corrected chi connectivity index (χ3v) is 4.84. The van der Waals surface area contributed by atoms with Crippen molar-refractivity contribution in [1.29, 1.82) is 0 Å². The van der Waals surface area contributed by atoms with Crippen LogP contribution in [0.5, 0.6) is 0 Å². The van der Waals surface area contributed by atoms with E-state index in [2.05, 4.69) is 26.1 Å². The number of hydrogen-bond donors (Lipinski definition) is 2. The fraction of sp³-hybridized carbons (Fsp3) is 0.867. The molecule has 0 aromatic carbocycles. The van der Waals surface area contributed by atoms with Gasteiger partial charge in [-0.1, -0.05) is 33.6 Å². The van der Waals surface area contributed by atoms with Gasteiger partial charge in [-0.05, 0) is 32.1 Å². The molecule has 4 heteroatoms. The van der Waals surface area contributed by atoms with Gasteiger partial charge in [0.1, 0.15) is 0 Å². The van der Waals surface area contributed by atoms with Gasteiger partial charge in [-0.25, -0.2) is 0 Å². The van der Waals surface area contributed by atoms with Crippen LogP contribution in [-0.4, -0.2) is 22.5 Å². The van der Waals surface area contributed by atoms with Gasteiger partial charge in [0.25, 0.3) is 0 Å². The van der Waals surface area contributed by atoms with Crippen molar-refractivity contribution in [1.82, 2.24) is 5.32 Å². The Kier molecular flexibility index (Phi) is 5.83. The number of carbonyl (C=O) groups is 2. The monoisotopic (exact) mass is 269 g/mol. The van der Waals surface area contributed by atoms with Crippen molar-refractivity contribution in [3.8, 4) is 0 Å². The second-order valence-corrected chi connectivity index (χ2v) is 5.67. The Morgan fingerprint density at radius 2 is 1.53 bits per heavy atom. The summed E-state index contributed by atoms with van der Waals surface area (Å²) in [6, 6.07) is 0. The Hall–Kier alpha value is -1.06. The van der Waals surface area contributed by atoms with E-state index in [-0.39, 0.29) is 17.4 Å². The lowest BCUT2D eigenvalue weighted by molar-refractivity contribution is -0.149. The summed E-state index contributed by atoms with van der Waals surface area (Å²) < 4.78 is 0. The fourth-order valence-corrected chi connectivity index (χ4v) is 3.11. The SMILES string of the molecule is CCC(CC)(CC)NC(=O)[C@@H]1CCCC[C@@H]1C(=O)O. The molecule has 0 radical (unpaired) electrons. The van der Waals surface area contributed by atoms with Crippen LogP contribution in [0.2, 0.25) is 0 Å². The van der Waals surface area contributed by atoms with Gasteiger partial charge in [-0.2, -0.15) is 0 Å². The Morgan fingerprint density at radius 3 is 1.95 bits per heavy atom. The minimum Gasteiger partial charge on any atom is -0.481 e. The molecule has 1 fully saturated rings. The first-order valence-corrected chi connectivity index (χ1v) is 7.54. The van der Waals surface area contributed by atoms with Crippen LogP contribution < -0.4 is 5.32 Å². The van der Waals surface area contributed by atoms with Crippen LogP contribution >= 0.6 is 0 Å². The van der Waals surface area contributed by atoms with Gasteiger partial charge in [-0.3, -0.25) is 9.59 Å². The zero-order valence-corrected chi connectivity index (χ0v) is 12.4. The molecule has 110 valence electrons. The van der Waals surface area contributed by atoms with E-state index in [4.69, 9.17) is 0 Å². The summed E-state index contributed by atoms with van der Waals surface area (Å²) in [6.45, 7) is 6.22. The van der Waals surface area contributed by atoms with Crippen molar-refractivity contribution >= 4 is 11.9 Å². The largest absolute Gasteiger partial charge is 0.481 e. The first kappa shape index (κ1) is 16.0. The second kappa shape index (κ2) is 6.92. The van der Waals surface area contributed by atoms with Crippen molar-refractivity contribution in [2.24, 2.45) is 11.8 Å². The molecule has 0 bridgehead atoms. The molecule has 2 atom stereocenters. The molecule has 0 aliphatic heterocycles. The van der Waals surface area contributed by atoms with Crippen LogP contribution in [0.1, 0.15) is 65.7 Å². The molecule has 1 saturated carbocycles. The van der Waals surface area contributed by atoms with E-state index in [9.17, 15) is 14.7 Å². The molecule has 4 nitrogen and oxygen atoms in total. The van der Waals surface area contributed by atoms with Crippen molar-refractivity contribution in [2.75, 3.05) is 0 Å². The highest BCUT2D eigenvalue weighted by Crippen LogP contribution is 2.31. The molecular formula is C15H27NO3. The highest BCUT2D eigenvalue weighted by molar-refractivity contribution is 5.85. The second-order valence-electron chi connectivity index (χ2n) is 5.67. The predicted molar refractivity (Wildman–Crippen MR) is 74.8 cm³/mol. The zero-order chi connectivity index (χ0) is 14.5. The smallest absolute Gasteiger partial charge is 0.307 e. The molecule has 1 aliphatic rings. The third-order valence-electron chi connectivity index (χ3n) is 4.84. The average molecular weight is 269 g/mol. The maximum atomic E-state index is 12.4. The lowest BCUT2D eigenvalue weighted by Crippen LogP contribution is -2.51. The van der Waals surface area contributed by atoms with Crippen LogP contribution in [0.3, 0.4) is 0 Å². The number of carboxylic acid groups (broad SMARTS) is 1. The van der Waals surface area contributed by atoms with Crippen LogP contribution in [0.25, 0.3) is 0 Å². The number of amides is 1. The summed E-state index contributed by atoms with van der Waals surface area (Å²) in [5.41, 5.74) is -0.169. The number of carboxylic acids is 1. The van der Waals surface area contributed by atoms with Gasteiger partial charge in [-0.15, -0.1) is 0 Å². The number of aliphatic carboxylic acids is 1. The maximum absolute atomic E-state index is 12.4. The Bertz CT molecular complexity index is 315. The molecule has 1 rings (SSSR count).